The van der Waals surface area contributed by atoms with E-state index in [2.05, 4.69) is 10.6 Å². The lowest BCUT2D eigenvalue weighted by Gasteiger charge is -2.35. The number of ether oxygens (including phenoxy) is 1. The van der Waals surface area contributed by atoms with Crippen LogP contribution in [0.4, 0.5) is 4.79 Å². The highest BCUT2D eigenvalue weighted by atomic mass is 16.6. The monoisotopic (exact) mass is 435 g/mol. The number of unbranched alkanes of at least 4 members (excludes halogenated alkanes) is 1. The van der Waals surface area contributed by atoms with E-state index in [1.165, 1.54) is 11.0 Å². The standard InChI is InChI=1S/C23H37N3O5/c1-8-9-12-24-21(29)20(17-10-11-18(27)16(4)13-17)26(15(2)3)19(28)14-25-22(30)31-23(5,6)7/h10-11,13,15,20,27H,8-9,12,14H2,1-7H3,(H,24,29)(H,25,30). The van der Waals surface area contributed by atoms with E-state index in [1.807, 2.05) is 20.8 Å². The molecule has 0 fully saturated rings. The third kappa shape index (κ3) is 8.47. The molecule has 31 heavy (non-hydrogen) atoms. The number of hydrogen-bond donors (Lipinski definition) is 3. The molecule has 0 aromatic heterocycles. The van der Waals surface area contributed by atoms with Crippen molar-refractivity contribution in [3.8, 4) is 5.75 Å². The largest absolute Gasteiger partial charge is 0.508 e. The molecule has 0 aliphatic heterocycles. The third-order valence-corrected chi connectivity index (χ3v) is 4.52. The zero-order valence-corrected chi connectivity index (χ0v) is 19.7. The maximum atomic E-state index is 13.1. The number of phenolic OH excluding ortho intramolecular Hbond substituents is 1. The minimum absolute atomic E-state index is 0.114. The summed E-state index contributed by atoms with van der Waals surface area (Å²) < 4.78 is 5.19. The summed E-state index contributed by atoms with van der Waals surface area (Å²) in [5.74, 6) is -0.608. The Morgan fingerprint density at radius 3 is 2.32 bits per heavy atom. The van der Waals surface area contributed by atoms with Gasteiger partial charge in [-0.15, -0.1) is 0 Å². The highest BCUT2D eigenvalue weighted by Crippen LogP contribution is 2.28. The highest BCUT2D eigenvalue weighted by molar-refractivity contribution is 5.90. The molecule has 0 saturated heterocycles. The van der Waals surface area contributed by atoms with Gasteiger partial charge in [0.05, 0.1) is 0 Å². The van der Waals surface area contributed by atoms with Gasteiger partial charge in [0.15, 0.2) is 0 Å². The number of nitrogens with one attached hydrogen (secondary N) is 2. The molecule has 1 rings (SSSR count). The molecular weight excluding hydrogens is 398 g/mol. The van der Waals surface area contributed by atoms with E-state index in [-0.39, 0.29) is 24.2 Å². The van der Waals surface area contributed by atoms with Crippen LogP contribution in [0, 0.1) is 6.92 Å². The van der Waals surface area contributed by atoms with Crippen LogP contribution in [0.15, 0.2) is 18.2 Å². The van der Waals surface area contributed by atoms with Crippen LogP contribution in [0.2, 0.25) is 0 Å². The summed E-state index contributed by atoms with van der Waals surface area (Å²) in [5.41, 5.74) is 0.506. The van der Waals surface area contributed by atoms with Gasteiger partial charge in [-0.1, -0.05) is 19.4 Å². The van der Waals surface area contributed by atoms with Gasteiger partial charge >= 0.3 is 6.09 Å². The zero-order valence-electron chi connectivity index (χ0n) is 19.7. The number of carbonyl (C=O) groups excluding carboxylic acids is 3. The minimum atomic E-state index is -0.899. The van der Waals surface area contributed by atoms with Crippen molar-refractivity contribution in [2.75, 3.05) is 13.1 Å². The fraction of sp³-hybridized carbons (Fsp3) is 0.609. The third-order valence-electron chi connectivity index (χ3n) is 4.52. The Bertz CT molecular complexity index is 771. The summed E-state index contributed by atoms with van der Waals surface area (Å²) in [5, 5.41) is 15.3. The number of phenols is 1. The first-order chi connectivity index (χ1) is 14.4. The fourth-order valence-electron chi connectivity index (χ4n) is 3.06. The predicted molar refractivity (Wildman–Crippen MR) is 120 cm³/mol. The molecular formula is C23H37N3O5. The van der Waals surface area contributed by atoms with Crippen molar-refractivity contribution in [3.05, 3.63) is 29.3 Å². The van der Waals surface area contributed by atoms with E-state index >= 15 is 0 Å². The van der Waals surface area contributed by atoms with E-state index in [0.29, 0.717) is 17.7 Å². The van der Waals surface area contributed by atoms with E-state index in [9.17, 15) is 19.5 Å². The van der Waals surface area contributed by atoms with Crippen LogP contribution < -0.4 is 10.6 Å². The second-order valence-electron chi connectivity index (χ2n) is 8.84. The van der Waals surface area contributed by atoms with Crippen LogP contribution in [-0.2, 0) is 14.3 Å². The van der Waals surface area contributed by atoms with Crippen molar-refractivity contribution >= 4 is 17.9 Å². The number of aromatic hydroxyl groups is 1. The van der Waals surface area contributed by atoms with Gasteiger partial charge < -0.3 is 25.4 Å². The average Bonchev–Trinajstić information content (AvgIpc) is 2.65. The molecule has 0 aliphatic rings. The predicted octanol–water partition coefficient (Wildman–Crippen LogP) is 3.42. The number of aryl methyl sites for hydroxylation is 1. The molecule has 0 aliphatic carbocycles. The van der Waals surface area contributed by atoms with Gasteiger partial charge in [-0.2, -0.15) is 0 Å². The molecule has 1 aromatic carbocycles. The molecule has 3 amide bonds. The number of alkyl carbamates (subject to hydrolysis) is 1. The molecule has 0 heterocycles. The lowest BCUT2D eigenvalue weighted by Crippen LogP contribution is -2.50. The summed E-state index contributed by atoms with van der Waals surface area (Å²) in [6.45, 7) is 12.8. The van der Waals surface area contributed by atoms with Crippen LogP contribution >= 0.6 is 0 Å². The van der Waals surface area contributed by atoms with Crippen molar-refractivity contribution in [3.63, 3.8) is 0 Å². The quantitative estimate of drug-likeness (QED) is 0.515. The molecule has 0 bridgehead atoms. The van der Waals surface area contributed by atoms with E-state index < -0.39 is 23.6 Å². The Hall–Kier alpha value is -2.77. The molecule has 1 unspecified atom stereocenters. The smallest absolute Gasteiger partial charge is 0.408 e. The van der Waals surface area contributed by atoms with Crippen LogP contribution in [0.1, 0.15) is 71.6 Å². The van der Waals surface area contributed by atoms with Gasteiger partial charge in [0.1, 0.15) is 23.9 Å². The SMILES string of the molecule is CCCCNC(=O)C(c1ccc(O)c(C)c1)N(C(=O)CNC(=O)OC(C)(C)C)C(C)C. The number of carbonyl (C=O) groups is 3. The Labute approximate surface area is 185 Å². The number of amides is 3. The van der Waals surface area contributed by atoms with Crippen molar-refractivity contribution in [1.82, 2.24) is 15.5 Å². The molecule has 1 aromatic rings. The average molecular weight is 436 g/mol. The second kappa shape index (κ2) is 11.6. The Balaban J connectivity index is 3.16. The van der Waals surface area contributed by atoms with E-state index in [0.717, 1.165) is 12.8 Å². The maximum absolute atomic E-state index is 13.1. The Morgan fingerprint density at radius 2 is 1.81 bits per heavy atom. The number of hydrogen-bond acceptors (Lipinski definition) is 5. The molecule has 8 heteroatoms. The summed E-state index contributed by atoms with van der Waals surface area (Å²) in [7, 11) is 0. The molecule has 0 spiro atoms. The topological polar surface area (TPSA) is 108 Å². The van der Waals surface area contributed by atoms with Gasteiger partial charge in [-0.25, -0.2) is 4.79 Å². The molecule has 0 radical (unpaired) electrons. The molecule has 0 saturated carbocycles. The van der Waals surface area contributed by atoms with Crippen LogP contribution in [0.3, 0.4) is 0 Å². The lowest BCUT2D eigenvalue weighted by atomic mass is 9.99. The van der Waals surface area contributed by atoms with Gasteiger partial charge in [0.25, 0.3) is 0 Å². The number of rotatable bonds is 9. The van der Waals surface area contributed by atoms with Crippen molar-refractivity contribution in [2.24, 2.45) is 0 Å². The summed E-state index contributed by atoms with van der Waals surface area (Å²) in [6.07, 6.45) is 1.05. The summed E-state index contributed by atoms with van der Waals surface area (Å²) in [4.78, 5) is 39.6. The zero-order chi connectivity index (χ0) is 23.8. The lowest BCUT2D eigenvalue weighted by molar-refractivity contribution is -0.142. The van der Waals surface area contributed by atoms with Gasteiger partial charge in [-0.3, -0.25) is 9.59 Å². The molecule has 174 valence electrons. The van der Waals surface area contributed by atoms with Gasteiger partial charge in [0.2, 0.25) is 11.8 Å². The summed E-state index contributed by atoms with van der Waals surface area (Å²) in [6, 6.07) is 3.63. The van der Waals surface area contributed by atoms with Gasteiger partial charge in [0, 0.05) is 12.6 Å². The Kier molecular flexibility index (Phi) is 9.81. The van der Waals surface area contributed by atoms with E-state index in [4.69, 9.17) is 4.74 Å². The normalized spacial score (nSPS) is 12.3. The fourth-order valence-corrected chi connectivity index (χ4v) is 3.06. The molecule has 3 N–H and O–H groups in total. The van der Waals surface area contributed by atoms with Crippen LogP contribution in [0.5, 0.6) is 5.75 Å². The van der Waals surface area contributed by atoms with E-state index in [1.54, 1.807) is 39.8 Å². The Morgan fingerprint density at radius 1 is 1.16 bits per heavy atom. The van der Waals surface area contributed by atoms with Crippen LogP contribution in [-0.4, -0.2) is 52.6 Å². The first-order valence-electron chi connectivity index (χ1n) is 10.7. The molecule has 8 nitrogen and oxygen atoms in total. The second-order valence-corrected chi connectivity index (χ2v) is 8.84. The number of nitrogens with zero attached hydrogens (tertiary/aromatic N) is 1. The van der Waals surface area contributed by atoms with Crippen molar-refractivity contribution in [2.45, 2.75) is 79.0 Å². The number of benzene rings is 1. The van der Waals surface area contributed by atoms with Crippen molar-refractivity contribution in [1.29, 1.82) is 0 Å². The maximum Gasteiger partial charge on any atom is 0.408 e. The summed E-state index contributed by atoms with van der Waals surface area (Å²) >= 11 is 0. The van der Waals surface area contributed by atoms with Crippen LogP contribution in [0.25, 0.3) is 0 Å². The molecule has 1 atom stereocenters. The first-order valence-corrected chi connectivity index (χ1v) is 10.7. The highest BCUT2D eigenvalue weighted by Gasteiger charge is 2.33. The minimum Gasteiger partial charge on any atom is -0.508 e. The first kappa shape index (κ1) is 26.3. The van der Waals surface area contributed by atoms with Crippen molar-refractivity contribution < 1.29 is 24.2 Å². The van der Waals surface area contributed by atoms with Gasteiger partial charge in [-0.05, 0) is 71.2 Å².